The number of carbonyl (C=O) groups is 2. The van der Waals surface area contributed by atoms with Gasteiger partial charge in [0.25, 0.3) is 5.91 Å². The monoisotopic (exact) mass is 391 g/mol. The fourth-order valence-corrected chi connectivity index (χ4v) is 2.51. The summed E-state index contributed by atoms with van der Waals surface area (Å²) in [5.74, 6) is -1.21. The molecule has 0 aromatic heterocycles. The molecule has 1 N–H and O–H groups in total. The molecule has 0 aliphatic heterocycles. The third-order valence-corrected chi connectivity index (χ3v) is 4.26. The lowest BCUT2D eigenvalue weighted by Gasteiger charge is -2.18. The second-order valence-electron chi connectivity index (χ2n) is 5.44. The van der Waals surface area contributed by atoms with Crippen LogP contribution in [0.3, 0.4) is 0 Å². The number of phenols is 1. The molecule has 0 spiro atoms. The van der Waals surface area contributed by atoms with Gasteiger partial charge in [-0.2, -0.15) is 0 Å². The molecule has 5 nitrogen and oxygen atoms in total. The first-order valence-electron chi connectivity index (χ1n) is 7.32. The van der Waals surface area contributed by atoms with Gasteiger partial charge in [-0.25, -0.2) is 4.79 Å². The fourth-order valence-electron chi connectivity index (χ4n) is 2.10. The molecule has 126 valence electrons. The zero-order chi connectivity index (χ0) is 17.7. The van der Waals surface area contributed by atoms with Crippen LogP contribution in [0.15, 0.2) is 46.9 Å². The van der Waals surface area contributed by atoms with E-state index in [2.05, 4.69) is 15.9 Å². The van der Waals surface area contributed by atoms with Crippen molar-refractivity contribution >= 4 is 27.8 Å². The Bertz CT molecular complexity index is 760. The van der Waals surface area contributed by atoms with E-state index in [0.717, 1.165) is 15.6 Å². The molecule has 2 aromatic rings. The van der Waals surface area contributed by atoms with Crippen LogP contribution in [0.5, 0.6) is 5.75 Å². The summed E-state index contributed by atoms with van der Waals surface area (Å²) in [5.41, 5.74) is 1.83. The maximum Gasteiger partial charge on any atom is 0.342 e. The van der Waals surface area contributed by atoms with E-state index in [1.54, 1.807) is 20.0 Å². The number of amides is 1. The van der Waals surface area contributed by atoms with Gasteiger partial charge in [0.05, 0.1) is 0 Å². The van der Waals surface area contributed by atoms with Gasteiger partial charge < -0.3 is 14.7 Å². The highest BCUT2D eigenvalue weighted by Gasteiger charge is 2.17. The zero-order valence-electron chi connectivity index (χ0n) is 13.5. The summed E-state index contributed by atoms with van der Waals surface area (Å²) < 4.78 is 5.91. The number of ether oxygens (including phenoxy) is 1. The van der Waals surface area contributed by atoms with Gasteiger partial charge in [0.2, 0.25) is 0 Å². The molecule has 0 fully saturated rings. The molecule has 24 heavy (non-hydrogen) atoms. The lowest BCUT2D eigenvalue weighted by molar-refractivity contribution is -0.133. The molecule has 0 saturated heterocycles. The van der Waals surface area contributed by atoms with Crippen LogP contribution in [0.2, 0.25) is 0 Å². The number of hydrogen-bond acceptors (Lipinski definition) is 4. The van der Waals surface area contributed by atoms with Crippen molar-refractivity contribution in [1.82, 2.24) is 4.90 Å². The van der Waals surface area contributed by atoms with Crippen molar-refractivity contribution < 1.29 is 19.4 Å². The molecule has 1 amide bonds. The highest BCUT2D eigenvalue weighted by molar-refractivity contribution is 9.10. The molecule has 6 heteroatoms. The summed E-state index contributed by atoms with van der Waals surface area (Å²) in [6.07, 6.45) is 0. The van der Waals surface area contributed by atoms with Gasteiger partial charge in [0, 0.05) is 18.1 Å². The Labute approximate surface area is 149 Å². The molecule has 0 saturated carbocycles. The Morgan fingerprint density at radius 2 is 1.92 bits per heavy atom. The lowest BCUT2D eigenvalue weighted by Crippen LogP contribution is -2.31. The van der Waals surface area contributed by atoms with Crippen LogP contribution >= 0.6 is 15.9 Å². The van der Waals surface area contributed by atoms with Gasteiger partial charge in [-0.3, -0.25) is 4.79 Å². The highest BCUT2D eigenvalue weighted by Crippen LogP contribution is 2.20. The van der Waals surface area contributed by atoms with E-state index in [0.29, 0.717) is 6.54 Å². The number of likely N-dealkylation sites (N-methyl/N-ethyl adjacent to an activating group) is 1. The first-order chi connectivity index (χ1) is 11.4. The van der Waals surface area contributed by atoms with E-state index in [4.69, 9.17) is 4.74 Å². The summed E-state index contributed by atoms with van der Waals surface area (Å²) in [7, 11) is 1.64. The predicted octanol–water partition coefficient (Wildman–Crippen LogP) is 3.28. The minimum Gasteiger partial charge on any atom is -0.507 e. The van der Waals surface area contributed by atoms with Crippen LogP contribution in [-0.4, -0.2) is 35.5 Å². The zero-order valence-corrected chi connectivity index (χ0v) is 15.0. The summed E-state index contributed by atoms with van der Waals surface area (Å²) in [4.78, 5) is 25.5. The average Bonchev–Trinajstić information content (AvgIpc) is 2.54. The van der Waals surface area contributed by atoms with Crippen molar-refractivity contribution in [2.24, 2.45) is 0 Å². The second-order valence-corrected chi connectivity index (χ2v) is 6.29. The number of aromatic hydroxyl groups is 1. The van der Waals surface area contributed by atoms with Crippen LogP contribution in [0.4, 0.5) is 0 Å². The predicted molar refractivity (Wildman–Crippen MR) is 93.7 cm³/mol. The molecule has 0 bridgehead atoms. The van der Waals surface area contributed by atoms with Crippen LogP contribution in [-0.2, 0) is 16.1 Å². The van der Waals surface area contributed by atoms with Gasteiger partial charge in [-0.05, 0) is 36.2 Å². The summed E-state index contributed by atoms with van der Waals surface area (Å²) in [5, 5.41) is 9.76. The fraction of sp³-hybridized carbons (Fsp3) is 0.222. The van der Waals surface area contributed by atoms with E-state index >= 15 is 0 Å². The number of hydrogen-bond donors (Lipinski definition) is 1. The van der Waals surface area contributed by atoms with E-state index in [9.17, 15) is 14.7 Å². The third kappa shape index (κ3) is 4.58. The number of aryl methyl sites for hydroxylation is 1. The number of esters is 1. The van der Waals surface area contributed by atoms with E-state index in [1.807, 2.05) is 24.3 Å². The first-order valence-corrected chi connectivity index (χ1v) is 8.12. The molecule has 2 rings (SSSR count). The molecule has 2 aromatic carbocycles. The maximum absolute atomic E-state index is 12.1. The minimum atomic E-state index is -0.727. The van der Waals surface area contributed by atoms with Crippen molar-refractivity contribution in [3.05, 3.63) is 63.6 Å². The van der Waals surface area contributed by atoms with Gasteiger partial charge >= 0.3 is 5.97 Å². The van der Waals surface area contributed by atoms with E-state index in [1.165, 1.54) is 17.0 Å². The molecule has 0 aliphatic carbocycles. The van der Waals surface area contributed by atoms with Crippen LogP contribution < -0.4 is 0 Å². The number of nitrogens with zero attached hydrogens (tertiary/aromatic N) is 1. The molecule has 0 atom stereocenters. The molecule has 0 aliphatic rings. The smallest absolute Gasteiger partial charge is 0.342 e. The van der Waals surface area contributed by atoms with Crippen molar-refractivity contribution in [2.45, 2.75) is 13.5 Å². The van der Waals surface area contributed by atoms with Crippen molar-refractivity contribution in [2.75, 3.05) is 13.7 Å². The Morgan fingerprint density at radius 1 is 1.21 bits per heavy atom. The van der Waals surface area contributed by atoms with Gasteiger partial charge in [-0.15, -0.1) is 0 Å². The van der Waals surface area contributed by atoms with Gasteiger partial charge in [-0.1, -0.05) is 40.2 Å². The number of carbonyl (C=O) groups excluding carboxylic acids is 2. The summed E-state index contributed by atoms with van der Waals surface area (Å²) in [6, 6.07) is 12.2. The number of halogens is 1. The summed E-state index contributed by atoms with van der Waals surface area (Å²) >= 11 is 3.43. The van der Waals surface area contributed by atoms with Crippen molar-refractivity contribution in [3.8, 4) is 5.75 Å². The quantitative estimate of drug-likeness (QED) is 0.794. The Morgan fingerprint density at radius 3 is 2.58 bits per heavy atom. The third-order valence-electron chi connectivity index (χ3n) is 3.49. The van der Waals surface area contributed by atoms with Crippen LogP contribution in [0, 0.1) is 6.92 Å². The molecular weight excluding hydrogens is 374 g/mol. The first kappa shape index (κ1) is 18.0. The molecular formula is C18H18BrNO4. The van der Waals surface area contributed by atoms with Crippen LogP contribution in [0.1, 0.15) is 21.5 Å². The Balaban J connectivity index is 1.92. The SMILES string of the molecule is Cc1ccc(C(=O)OCC(=O)N(C)Cc2ccccc2Br)c(O)c1. The van der Waals surface area contributed by atoms with Gasteiger partial charge in [0.1, 0.15) is 11.3 Å². The topological polar surface area (TPSA) is 66.8 Å². The minimum absolute atomic E-state index is 0.0434. The number of benzene rings is 2. The second kappa shape index (κ2) is 7.97. The normalized spacial score (nSPS) is 10.3. The number of rotatable bonds is 5. The largest absolute Gasteiger partial charge is 0.507 e. The molecule has 0 unspecified atom stereocenters. The van der Waals surface area contributed by atoms with Gasteiger partial charge in [0.15, 0.2) is 6.61 Å². The Hall–Kier alpha value is -2.34. The van der Waals surface area contributed by atoms with Crippen LogP contribution in [0.25, 0.3) is 0 Å². The standard InChI is InChI=1S/C18H18BrNO4/c1-12-7-8-14(16(21)9-12)18(23)24-11-17(22)20(2)10-13-5-3-4-6-15(13)19/h3-9,21H,10-11H2,1-2H3. The van der Waals surface area contributed by atoms with Crippen molar-refractivity contribution in [3.63, 3.8) is 0 Å². The van der Waals surface area contributed by atoms with E-state index < -0.39 is 5.97 Å². The van der Waals surface area contributed by atoms with E-state index in [-0.39, 0.29) is 23.8 Å². The Kier molecular flexibility index (Phi) is 5.98. The lowest BCUT2D eigenvalue weighted by atomic mass is 10.1. The molecule has 0 radical (unpaired) electrons. The maximum atomic E-state index is 12.1. The average molecular weight is 392 g/mol. The highest BCUT2D eigenvalue weighted by atomic mass is 79.9. The summed E-state index contributed by atoms with van der Waals surface area (Å²) in [6.45, 7) is 1.82. The van der Waals surface area contributed by atoms with Crippen molar-refractivity contribution in [1.29, 1.82) is 0 Å². The number of phenolic OH excluding ortho intramolecular Hbond substituents is 1. The molecule has 0 heterocycles.